The van der Waals surface area contributed by atoms with Gasteiger partial charge in [-0.05, 0) is 47.5 Å². The number of likely N-dealkylation sites (N-methyl/N-ethyl adjacent to an activating group) is 1. The molecular formula is C36H22B16F4N4O2S. The predicted octanol–water partition coefficient (Wildman–Crippen LogP) is -6.52. The van der Waals surface area contributed by atoms with Gasteiger partial charge in [0.2, 0.25) is 5.91 Å². The van der Waals surface area contributed by atoms with Crippen LogP contribution in [-0.4, -0.2) is 177 Å². The molecule has 0 N–H and O–H groups in total. The van der Waals surface area contributed by atoms with Crippen LogP contribution in [0.2, 0.25) is 5.21 Å². The predicted molar refractivity (Wildman–Crippen MR) is 258 cm³/mol. The molecule has 32 radical (unpaired) electrons. The van der Waals surface area contributed by atoms with Crippen LogP contribution in [0.15, 0.2) is 34.2 Å². The van der Waals surface area contributed by atoms with E-state index in [0.717, 1.165) is 21.2 Å². The number of halogens is 4. The van der Waals surface area contributed by atoms with E-state index in [4.69, 9.17) is 126 Å². The third kappa shape index (κ3) is 8.66. The maximum Gasteiger partial charge on any atom is 0.415 e. The quantitative estimate of drug-likeness (QED) is 0.0582. The zero-order valence-electron chi connectivity index (χ0n) is 34.3. The Morgan fingerprint density at radius 3 is 1.68 bits per heavy atom. The summed E-state index contributed by atoms with van der Waals surface area (Å²) in [6.07, 6.45) is -5.05. The van der Waals surface area contributed by atoms with Gasteiger partial charge in [-0.3, -0.25) is 9.59 Å². The van der Waals surface area contributed by atoms with Crippen molar-refractivity contribution in [1.82, 2.24) is 19.4 Å². The fourth-order valence-electron chi connectivity index (χ4n) is 7.50. The Morgan fingerprint density at radius 2 is 1.22 bits per heavy atom. The lowest BCUT2D eigenvalue weighted by Gasteiger charge is -2.48. The van der Waals surface area contributed by atoms with Gasteiger partial charge in [-0.2, -0.15) is 18.2 Å². The van der Waals surface area contributed by atoms with Gasteiger partial charge in [0.05, 0.1) is 47.1 Å². The van der Waals surface area contributed by atoms with Crippen LogP contribution < -0.4 is 49.3 Å². The van der Waals surface area contributed by atoms with Gasteiger partial charge in [-0.1, -0.05) is 91.9 Å². The Hall–Kier alpha value is -2.92. The first-order valence-electron chi connectivity index (χ1n) is 18.9. The van der Waals surface area contributed by atoms with Gasteiger partial charge in [0, 0.05) is 47.5 Å². The van der Waals surface area contributed by atoms with Crippen LogP contribution in [0.3, 0.4) is 0 Å². The second-order valence-electron chi connectivity index (χ2n) is 15.3. The molecular weight excluding hydrogens is 801 g/mol. The van der Waals surface area contributed by atoms with Crippen LogP contribution in [0.4, 0.5) is 17.6 Å². The number of amides is 1. The lowest BCUT2D eigenvalue weighted by Crippen LogP contribution is -2.57. The molecule has 0 aliphatic heterocycles. The first-order valence-corrected chi connectivity index (χ1v) is 19.9. The number of nitrogens with zero attached hydrogens (tertiary/aromatic N) is 4. The van der Waals surface area contributed by atoms with E-state index < -0.39 is 89.7 Å². The summed E-state index contributed by atoms with van der Waals surface area (Å²) in [4.78, 5) is 36.2. The van der Waals surface area contributed by atoms with Crippen LogP contribution in [0.5, 0.6) is 0 Å². The smallest absolute Gasteiger partial charge is 0.336 e. The Morgan fingerprint density at radius 1 is 0.746 bits per heavy atom. The van der Waals surface area contributed by atoms with Crippen molar-refractivity contribution in [3.05, 3.63) is 68.4 Å². The fraction of sp³-hybridized carbons (Fsp3) is 0.361. The molecule has 1 amide bonds. The van der Waals surface area contributed by atoms with Crippen molar-refractivity contribution >= 4 is 187 Å². The van der Waals surface area contributed by atoms with Crippen LogP contribution in [0, 0.1) is 5.82 Å². The van der Waals surface area contributed by atoms with Crippen molar-refractivity contribution in [2.24, 2.45) is 0 Å². The van der Waals surface area contributed by atoms with E-state index >= 15 is 4.79 Å². The van der Waals surface area contributed by atoms with Crippen LogP contribution in [0.25, 0.3) is 11.1 Å². The van der Waals surface area contributed by atoms with Gasteiger partial charge in [0.25, 0.3) is 5.56 Å². The summed E-state index contributed by atoms with van der Waals surface area (Å²) in [6.45, 7) is 4.32. The monoisotopic (exact) mass is 826 g/mol. The first kappa shape index (κ1) is 51.1. The number of hydrogen-bond donors (Lipinski definition) is 0. The molecule has 0 atom stereocenters. The second kappa shape index (κ2) is 18.0. The third-order valence-electron chi connectivity index (χ3n) is 11.4. The highest BCUT2D eigenvalue weighted by atomic mass is 32.2. The minimum atomic E-state index is -5.05. The van der Waals surface area contributed by atoms with Crippen LogP contribution in [-0.2, 0) is 39.0 Å². The maximum atomic E-state index is 15.2. The van der Waals surface area contributed by atoms with Crippen molar-refractivity contribution < 1.29 is 22.4 Å². The Balaban J connectivity index is 1.73. The average Bonchev–Trinajstić information content (AvgIpc) is 3.30. The van der Waals surface area contributed by atoms with E-state index in [1.54, 1.807) is 0 Å². The molecule has 0 fully saturated rings. The molecule has 0 bridgehead atoms. The molecule has 1 aliphatic carbocycles. The number of alkyl halides is 3. The van der Waals surface area contributed by atoms with Gasteiger partial charge in [0.1, 0.15) is 84.3 Å². The summed E-state index contributed by atoms with van der Waals surface area (Å²) < 4.78 is 56.4. The molecule has 27 heteroatoms. The lowest BCUT2D eigenvalue weighted by atomic mass is 9.20. The van der Waals surface area contributed by atoms with E-state index in [-0.39, 0.29) is 62.5 Å². The van der Waals surface area contributed by atoms with Crippen LogP contribution >= 0.6 is 11.8 Å². The first-order chi connectivity index (χ1) is 28.9. The standard InChI is InChI=1S/C36H22B16F4N4O2S/c1-3-58(4-2)9-10-59(11-15-20(37)22(39)16(23(40)21(15)38)17-24(41)26(43)18(35(54,55)56)27(44)25(17)42)30(62)34(49,50)60-28-19(32(45,46)36(51,52)33(28,47)48)29(61)57-31(60)63-12-13-5-7-14(53)8-6-13/h5-8H,3-4,9-12H2,1-2H3. The lowest BCUT2D eigenvalue weighted by molar-refractivity contribution is -0.136. The summed E-state index contributed by atoms with van der Waals surface area (Å²) in [5.74, 6) is -1.62. The van der Waals surface area contributed by atoms with Crippen molar-refractivity contribution in [1.29, 1.82) is 0 Å². The minimum Gasteiger partial charge on any atom is -0.336 e. The molecule has 6 nitrogen and oxygen atoms in total. The Bertz CT molecular complexity index is 2480. The number of benzene rings is 3. The molecule has 0 saturated heterocycles. The fourth-order valence-corrected chi connectivity index (χ4v) is 8.51. The molecule has 1 aromatic heterocycles. The summed E-state index contributed by atoms with van der Waals surface area (Å²) in [6, 6.07) is 5.33. The number of fused-ring (bicyclic) bond motifs is 1. The zero-order chi connectivity index (χ0) is 47.7. The SMILES string of the molecule is [B]c1c([B])c(-c2c([B])c([B])c(C(F)(F)F)c([B])c2[B])c([B])c([B])c1CN(CCN(CC)CC)C(=O)C([B])([B])n1c(SCc2ccc(F)cc2)nc(=O)c2c1C([B])([B])C([B])([B])C2([B])[B]. The molecule has 0 unspecified atom stereocenters. The van der Waals surface area contributed by atoms with Crippen molar-refractivity contribution in [3.63, 3.8) is 0 Å². The molecule has 63 heavy (non-hydrogen) atoms. The van der Waals surface area contributed by atoms with E-state index in [1.165, 1.54) is 24.3 Å². The van der Waals surface area contributed by atoms with Gasteiger partial charge >= 0.3 is 6.18 Å². The molecule has 0 saturated carbocycles. The molecule has 280 valence electrons. The van der Waals surface area contributed by atoms with E-state index in [2.05, 4.69) is 4.98 Å². The summed E-state index contributed by atoms with van der Waals surface area (Å²) in [5.41, 5.74) is -8.51. The van der Waals surface area contributed by atoms with Gasteiger partial charge < -0.3 is 14.4 Å². The van der Waals surface area contributed by atoms with Crippen molar-refractivity contribution in [2.45, 2.75) is 58.5 Å². The average molecular weight is 824 g/mol. The Kier molecular flexibility index (Phi) is 14.6. The van der Waals surface area contributed by atoms with Crippen LogP contribution in [0.1, 0.15) is 41.8 Å². The van der Waals surface area contributed by atoms with Crippen molar-refractivity contribution in [2.75, 3.05) is 26.2 Å². The highest BCUT2D eigenvalue weighted by Crippen LogP contribution is 2.57. The van der Waals surface area contributed by atoms with E-state index in [1.807, 2.05) is 18.7 Å². The van der Waals surface area contributed by atoms with Gasteiger partial charge in [0.15, 0.2) is 5.16 Å². The number of hydrogen-bond acceptors (Lipinski definition) is 5. The number of carbonyl (C=O) groups is 1. The van der Waals surface area contributed by atoms with Gasteiger partial charge in [-0.15, -0.1) is 5.21 Å². The number of rotatable bonds is 13. The highest BCUT2D eigenvalue weighted by Gasteiger charge is 2.58. The number of thioether (sulfide) groups is 1. The van der Waals surface area contributed by atoms with E-state index in [9.17, 15) is 22.4 Å². The van der Waals surface area contributed by atoms with E-state index in [0.29, 0.717) is 18.7 Å². The molecule has 1 aliphatic rings. The minimum absolute atomic E-state index is 0.000388. The summed E-state index contributed by atoms with van der Waals surface area (Å²) in [5, 5.41) is -10.7. The molecule has 3 aromatic carbocycles. The zero-order valence-corrected chi connectivity index (χ0v) is 35.1. The summed E-state index contributed by atoms with van der Waals surface area (Å²) in [7, 11) is 103. The molecule has 0 spiro atoms. The highest BCUT2D eigenvalue weighted by molar-refractivity contribution is 7.98. The Labute approximate surface area is 390 Å². The normalized spacial score (nSPS) is 15.3. The topological polar surface area (TPSA) is 58.4 Å². The maximum absolute atomic E-state index is 15.2. The summed E-state index contributed by atoms with van der Waals surface area (Å²) >= 11 is 0.830. The third-order valence-corrected chi connectivity index (χ3v) is 12.4. The van der Waals surface area contributed by atoms with Crippen molar-refractivity contribution in [3.8, 4) is 11.1 Å². The van der Waals surface area contributed by atoms with Gasteiger partial charge in [-0.25, -0.2) is 4.39 Å². The largest absolute Gasteiger partial charge is 0.415 e. The molecule has 1 heterocycles. The number of aromatic nitrogens is 2. The number of carbonyl (C=O) groups excluding carboxylic acids is 1. The molecule has 4 aromatic rings. The second-order valence-corrected chi connectivity index (χ2v) is 16.2. The molecule has 5 rings (SSSR count).